The van der Waals surface area contributed by atoms with Crippen molar-refractivity contribution in [3.63, 3.8) is 0 Å². The van der Waals surface area contributed by atoms with E-state index in [0.717, 1.165) is 16.6 Å². The molecule has 2 rings (SSSR count). The highest BCUT2D eigenvalue weighted by Gasteiger charge is 2.30. The lowest BCUT2D eigenvalue weighted by Crippen LogP contribution is -2.36. The van der Waals surface area contributed by atoms with Crippen LogP contribution < -0.4 is 0 Å². The molecule has 0 unspecified atom stereocenters. The number of nitro benzene ring substituents is 1. The number of rotatable bonds is 4. The Morgan fingerprint density at radius 1 is 1.04 bits per heavy atom. The minimum Gasteiger partial charge on any atom is -0.258 e. The third-order valence-electron chi connectivity index (χ3n) is 3.55. The highest BCUT2D eigenvalue weighted by molar-refractivity contribution is 7.89. The molecule has 1 heterocycles. The van der Waals surface area contributed by atoms with E-state index in [1.54, 1.807) is 0 Å². The van der Waals surface area contributed by atoms with Crippen LogP contribution in [0.1, 0.15) is 6.42 Å². The molecule has 0 radical (unpaired) electrons. The van der Waals surface area contributed by atoms with Gasteiger partial charge in [0.2, 0.25) is 20.0 Å². The summed E-state index contributed by atoms with van der Waals surface area (Å²) >= 11 is 0. The first kappa shape index (κ1) is 17.8. The maximum Gasteiger partial charge on any atom is 0.270 e. The van der Waals surface area contributed by atoms with Crippen molar-refractivity contribution < 1.29 is 21.8 Å². The third-order valence-corrected chi connectivity index (χ3v) is 6.75. The molecule has 23 heavy (non-hydrogen) atoms. The average Bonchev–Trinajstić information content (AvgIpc) is 2.73. The van der Waals surface area contributed by atoms with Crippen molar-refractivity contribution >= 4 is 25.7 Å². The summed E-state index contributed by atoms with van der Waals surface area (Å²) in [5.41, 5.74) is -0.307. The Morgan fingerprint density at radius 3 is 2.26 bits per heavy atom. The Kier molecular flexibility index (Phi) is 5.04. The molecular formula is C12H17N3O6S2. The zero-order chi connectivity index (χ0) is 17.3. The summed E-state index contributed by atoms with van der Waals surface area (Å²) in [6, 6.07) is 4.83. The second-order valence-electron chi connectivity index (χ2n) is 5.17. The second kappa shape index (κ2) is 6.51. The van der Waals surface area contributed by atoms with E-state index in [-0.39, 0.29) is 36.8 Å². The predicted molar refractivity (Wildman–Crippen MR) is 82.9 cm³/mol. The topological polar surface area (TPSA) is 118 Å². The van der Waals surface area contributed by atoms with Gasteiger partial charge in [-0.25, -0.2) is 21.1 Å². The lowest BCUT2D eigenvalue weighted by Gasteiger charge is -2.20. The fraction of sp³-hybridized carbons (Fsp3) is 0.500. The van der Waals surface area contributed by atoms with Crippen LogP contribution in [0.2, 0.25) is 0 Å². The van der Waals surface area contributed by atoms with Crippen LogP contribution in [-0.4, -0.2) is 62.8 Å². The van der Waals surface area contributed by atoms with Gasteiger partial charge in [0.25, 0.3) is 5.69 Å². The molecule has 1 aromatic carbocycles. The summed E-state index contributed by atoms with van der Waals surface area (Å²) in [6.45, 7) is 0.488. The van der Waals surface area contributed by atoms with Crippen molar-refractivity contribution in [3.8, 4) is 0 Å². The van der Waals surface area contributed by atoms with Crippen molar-refractivity contribution in [1.29, 1.82) is 0 Å². The van der Waals surface area contributed by atoms with Crippen LogP contribution in [0.3, 0.4) is 0 Å². The van der Waals surface area contributed by atoms with Crippen LogP contribution in [-0.2, 0) is 20.0 Å². The first-order valence-electron chi connectivity index (χ1n) is 6.82. The Bertz CT molecular complexity index is 806. The van der Waals surface area contributed by atoms with Gasteiger partial charge in [0.15, 0.2) is 0 Å². The van der Waals surface area contributed by atoms with E-state index in [1.165, 1.54) is 22.5 Å². The molecule has 0 aliphatic carbocycles. The molecule has 1 aliphatic rings. The number of benzene rings is 1. The van der Waals surface area contributed by atoms with Gasteiger partial charge in [-0.3, -0.25) is 10.1 Å². The Labute approximate surface area is 134 Å². The van der Waals surface area contributed by atoms with Gasteiger partial charge in [-0.15, -0.1) is 0 Å². The normalized spacial score (nSPS) is 18.5. The van der Waals surface area contributed by atoms with E-state index in [2.05, 4.69) is 0 Å². The van der Waals surface area contributed by atoms with Gasteiger partial charge in [-0.1, -0.05) is 6.07 Å². The number of non-ortho nitro benzene ring substituents is 1. The second-order valence-corrected chi connectivity index (χ2v) is 9.09. The van der Waals surface area contributed by atoms with Crippen LogP contribution in [0, 0.1) is 10.1 Å². The van der Waals surface area contributed by atoms with Crippen molar-refractivity contribution in [3.05, 3.63) is 34.4 Å². The van der Waals surface area contributed by atoms with Gasteiger partial charge in [-0.2, -0.15) is 4.31 Å². The van der Waals surface area contributed by atoms with E-state index in [0.29, 0.717) is 6.42 Å². The summed E-state index contributed by atoms with van der Waals surface area (Å²) in [5, 5.41) is 10.8. The molecular weight excluding hydrogens is 346 g/mol. The van der Waals surface area contributed by atoms with Crippen molar-refractivity contribution in [2.75, 3.05) is 32.4 Å². The highest BCUT2D eigenvalue weighted by atomic mass is 32.2. The van der Waals surface area contributed by atoms with Crippen LogP contribution in [0.15, 0.2) is 29.2 Å². The van der Waals surface area contributed by atoms with Crippen LogP contribution in [0.4, 0.5) is 5.69 Å². The lowest BCUT2D eigenvalue weighted by atomic mass is 10.3. The van der Waals surface area contributed by atoms with E-state index >= 15 is 0 Å². The number of nitrogens with zero attached hydrogens (tertiary/aromatic N) is 3. The lowest BCUT2D eigenvalue weighted by molar-refractivity contribution is -0.385. The van der Waals surface area contributed by atoms with Gasteiger partial charge >= 0.3 is 0 Å². The maximum absolute atomic E-state index is 12.6. The van der Waals surface area contributed by atoms with E-state index in [9.17, 15) is 26.9 Å². The first-order valence-corrected chi connectivity index (χ1v) is 10.1. The molecule has 1 aliphatic heterocycles. The smallest absolute Gasteiger partial charge is 0.258 e. The van der Waals surface area contributed by atoms with E-state index in [4.69, 9.17) is 0 Å². The zero-order valence-electron chi connectivity index (χ0n) is 12.5. The minimum atomic E-state index is -3.90. The predicted octanol–water partition coefficient (Wildman–Crippen LogP) is 0.251. The zero-order valence-corrected chi connectivity index (χ0v) is 14.1. The molecule has 0 atom stereocenters. The number of hydrogen-bond donors (Lipinski definition) is 0. The highest BCUT2D eigenvalue weighted by Crippen LogP contribution is 2.22. The van der Waals surface area contributed by atoms with Crippen LogP contribution in [0.5, 0.6) is 0 Å². The number of nitro groups is 1. The van der Waals surface area contributed by atoms with Crippen LogP contribution in [0.25, 0.3) is 0 Å². The van der Waals surface area contributed by atoms with Gasteiger partial charge in [-0.05, 0) is 12.5 Å². The largest absolute Gasteiger partial charge is 0.270 e. The average molecular weight is 363 g/mol. The van der Waals surface area contributed by atoms with Gasteiger partial charge < -0.3 is 0 Å². The molecule has 0 amide bonds. The molecule has 128 valence electrons. The summed E-state index contributed by atoms with van der Waals surface area (Å²) in [7, 11) is -7.28. The quantitative estimate of drug-likeness (QED) is 0.559. The molecule has 0 saturated carbocycles. The van der Waals surface area contributed by atoms with Crippen molar-refractivity contribution in [2.24, 2.45) is 0 Å². The van der Waals surface area contributed by atoms with Crippen molar-refractivity contribution in [2.45, 2.75) is 11.3 Å². The van der Waals surface area contributed by atoms with E-state index < -0.39 is 25.0 Å². The Hall–Kier alpha value is -1.56. The number of sulfonamides is 2. The minimum absolute atomic E-state index is 0.0120. The monoisotopic (exact) mass is 363 g/mol. The maximum atomic E-state index is 12.6. The number of hydrogen-bond acceptors (Lipinski definition) is 6. The third kappa shape index (κ3) is 4.05. The fourth-order valence-corrected chi connectivity index (χ4v) is 4.73. The van der Waals surface area contributed by atoms with Gasteiger partial charge in [0.1, 0.15) is 0 Å². The van der Waals surface area contributed by atoms with E-state index in [1.807, 2.05) is 0 Å². The Morgan fingerprint density at radius 2 is 1.65 bits per heavy atom. The van der Waals surface area contributed by atoms with Crippen molar-refractivity contribution in [1.82, 2.24) is 8.61 Å². The fourth-order valence-electron chi connectivity index (χ4n) is 2.35. The Balaban J connectivity index is 2.26. The molecule has 1 aromatic rings. The van der Waals surface area contributed by atoms with Gasteiger partial charge in [0.05, 0.1) is 16.1 Å². The molecule has 0 aromatic heterocycles. The summed E-state index contributed by atoms with van der Waals surface area (Å²) in [4.78, 5) is 9.96. The first-order chi connectivity index (χ1) is 10.6. The summed E-state index contributed by atoms with van der Waals surface area (Å²) < 4.78 is 50.7. The summed E-state index contributed by atoms with van der Waals surface area (Å²) in [5.74, 6) is 0. The standard InChI is InChI=1S/C12H17N3O6S2/c1-22(18,19)13-6-3-7-14(9-8-13)23(20,21)12-5-2-4-11(10-12)15(16)17/h2,4-5,10H,3,6-9H2,1H3. The molecule has 0 bridgehead atoms. The molecule has 0 N–H and O–H groups in total. The SMILES string of the molecule is CS(=O)(=O)N1CCCN(S(=O)(=O)c2cccc([N+](=O)[O-])c2)CC1. The van der Waals surface area contributed by atoms with Crippen LogP contribution >= 0.6 is 0 Å². The molecule has 1 saturated heterocycles. The molecule has 11 heteroatoms. The molecule has 1 fully saturated rings. The van der Waals surface area contributed by atoms with Gasteiger partial charge in [0, 0.05) is 38.3 Å². The summed E-state index contributed by atoms with van der Waals surface area (Å²) in [6.07, 6.45) is 1.44. The molecule has 9 nitrogen and oxygen atoms in total. The molecule has 0 spiro atoms.